The molecule has 0 fully saturated rings. The maximum absolute atomic E-state index is 5.86. The first kappa shape index (κ1) is 45.3. The molecule has 0 aliphatic heterocycles. The molecule has 0 N–H and O–H groups in total. The van der Waals surface area contributed by atoms with Crippen LogP contribution in [0.1, 0.15) is 120 Å². The standard InChI is InChI=1S/C21H25.C13H8Cl2.C12H19.2ClH.Zr/c1-20(2,3)16-7-9-18-14(12-16)11-15-13-17(21(4,5)6)8-10-19(15)18;14-12-5-1-10(2-6-12)9-11-3-7-13(15)8-4-11;1-5-6-10-7-8-11(9-10)12(2,3)4;;;/h7-10,12H,11H2,1-6H3;1-8H;7-9H,5-6H2,1-4H3;2*1H;/q-1;;-1;;;+2/p-2. The topological polar surface area (TPSA) is 0 Å². The first-order valence-electron chi connectivity index (χ1n) is 17.4. The van der Waals surface area contributed by atoms with Gasteiger partial charge < -0.3 is 24.8 Å². The molecule has 0 nitrogen and oxygen atoms in total. The van der Waals surface area contributed by atoms with Crippen LogP contribution in [0.5, 0.6) is 0 Å². The molecule has 270 valence electrons. The van der Waals surface area contributed by atoms with Crippen molar-refractivity contribution in [2.75, 3.05) is 0 Å². The van der Waals surface area contributed by atoms with Crippen LogP contribution in [-0.2, 0) is 53.3 Å². The molecule has 0 saturated heterocycles. The minimum absolute atomic E-state index is 0. The zero-order chi connectivity index (χ0) is 36.1. The van der Waals surface area contributed by atoms with Gasteiger partial charge in [0.2, 0.25) is 0 Å². The smallest absolute Gasteiger partial charge is 1.00 e. The predicted molar refractivity (Wildman–Crippen MR) is 212 cm³/mol. The summed E-state index contributed by atoms with van der Waals surface area (Å²) in [5.41, 5.74) is 14.4. The van der Waals surface area contributed by atoms with Crippen molar-refractivity contribution in [1.82, 2.24) is 0 Å². The molecule has 1 aliphatic carbocycles. The molecule has 5 heteroatoms. The molecule has 0 unspecified atom stereocenters. The Morgan fingerprint density at radius 2 is 1.18 bits per heavy atom. The van der Waals surface area contributed by atoms with Gasteiger partial charge in [0.1, 0.15) is 0 Å². The Bertz CT molecular complexity index is 1750. The third-order valence-electron chi connectivity index (χ3n) is 8.95. The van der Waals surface area contributed by atoms with Crippen LogP contribution in [0.15, 0.2) is 97.1 Å². The fourth-order valence-corrected chi connectivity index (χ4v) is 6.90. The van der Waals surface area contributed by atoms with Gasteiger partial charge in [0.25, 0.3) is 0 Å². The van der Waals surface area contributed by atoms with E-state index in [-0.39, 0.29) is 35.6 Å². The van der Waals surface area contributed by atoms with Crippen molar-refractivity contribution in [3.63, 3.8) is 0 Å². The van der Waals surface area contributed by atoms with Gasteiger partial charge in [0.15, 0.2) is 0 Å². The molecule has 0 heterocycles. The van der Waals surface area contributed by atoms with Crippen molar-refractivity contribution in [1.29, 1.82) is 0 Å². The maximum atomic E-state index is 5.86. The van der Waals surface area contributed by atoms with Crippen LogP contribution >= 0.6 is 23.2 Å². The SMILES string of the molecule is CC(C)(C)c1[c-]c2c(cc1)-c1ccc(C(C)(C)C)cc1C2.CCCc1cc(C(C)(C)C)c[cH-]1.Clc1ccc([C](=[Zr+2])c2ccc(Cl)cc2)cc1.[Cl-].[Cl-]. The first-order valence-corrected chi connectivity index (χ1v) is 19.4. The number of fused-ring (bicyclic) bond motifs is 3. The van der Waals surface area contributed by atoms with Gasteiger partial charge in [0.05, 0.1) is 0 Å². The Hall–Kier alpha value is -1.86. The minimum Gasteiger partial charge on any atom is -1.00 e. The normalized spacial score (nSPS) is 11.8. The summed E-state index contributed by atoms with van der Waals surface area (Å²) in [5.74, 6) is 0. The van der Waals surface area contributed by atoms with Crippen LogP contribution in [0.4, 0.5) is 0 Å². The zero-order valence-electron chi connectivity index (χ0n) is 31.9. The van der Waals surface area contributed by atoms with Crippen LogP contribution in [-0.4, -0.2) is 3.21 Å². The van der Waals surface area contributed by atoms with Crippen molar-refractivity contribution in [3.05, 3.63) is 158 Å². The van der Waals surface area contributed by atoms with Gasteiger partial charge in [-0.2, -0.15) is 47.0 Å². The predicted octanol–water partition coefficient (Wildman–Crippen LogP) is 7.43. The summed E-state index contributed by atoms with van der Waals surface area (Å²) in [7, 11) is 0. The van der Waals surface area contributed by atoms with Gasteiger partial charge in [-0.3, -0.25) is 0 Å². The Labute approximate surface area is 346 Å². The summed E-state index contributed by atoms with van der Waals surface area (Å²) in [4.78, 5) is 0. The summed E-state index contributed by atoms with van der Waals surface area (Å²) in [6.45, 7) is 22.6. The van der Waals surface area contributed by atoms with Gasteiger partial charge in [-0.05, 0) is 28.4 Å². The van der Waals surface area contributed by atoms with Crippen molar-refractivity contribution < 1.29 is 49.0 Å². The van der Waals surface area contributed by atoms with Gasteiger partial charge in [-0.1, -0.05) is 111 Å². The molecule has 0 amide bonds. The number of hydrogen-bond acceptors (Lipinski definition) is 0. The van der Waals surface area contributed by atoms with E-state index in [1.165, 1.54) is 95.9 Å². The second-order valence-corrected chi connectivity index (χ2v) is 18.3. The Kier molecular flexibility index (Phi) is 16.8. The van der Waals surface area contributed by atoms with E-state index in [1.54, 1.807) is 0 Å². The molecule has 0 atom stereocenters. The second kappa shape index (κ2) is 18.9. The van der Waals surface area contributed by atoms with E-state index in [9.17, 15) is 0 Å². The molecule has 0 spiro atoms. The monoisotopic (exact) mass is 834 g/mol. The van der Waals surface area contributed by atoms with Crippen molar-refractivity contribution in [2.45, 2.75) is 105 Å². The van der Waals surface area contributed by atoms with Gasteiger partial charge >= 0.3 is 120 Å². The molecular formula is C46H52Cl4Zr-2. The largest absolute Gasteiger partial charge is 1.00 e. The van der Waals surface area contributed by atoms with E-state index >= 15 is 0 Å². The van der Waals surface area contributed by atoms with E-state index in [4.69, 9.17) is 23.2 Å². The molecule has 6 rings (SSSR count). The summed E-state index contributed by atoms with van der Waals surface area (Å²) in [6, 6.07) is 37.8. The van der Waals surface area contributed by atoms with Crippen LogP contribution in [0.25, 0.3) is 11.1 Å². The molecule has 0 saturated carbocycles. The molecule has 1 aliphatic rings. The summed E-state index contributed by atoms with van der Waals surface area (Å²) in [6.07, 6.45) is 3.49. The molecule has 51 heavy (non-hydrogen) atoms. The van der Waals surface area contributed by atoms with E-state index < -0.39 is 0 Å². The minimum atomic E-state index is 0. The van der Waals surface area contributed by atoms with Crippen molar-refractivity contribution >= 4 is 26.4 Å². The number of hydrogen-bond donors (Lipinski definition) is 0. The second-order valence-electron chi connectivity index (χ2n) is 16.2. The number of aryl methyl sites for hydroxylation is 1. The third kappa shape index (κ3) is 12.6. The van der Waals surface area contributed by atoms with E-state index in [1.807, 2.05) is 48.5 Å². The number of rotatable bonds is 4. The third-order valence-corrected chi connectivity index (χ3v) is 10.9. The summed E-state index contributed by atoms with van der Waals surface area (Å²) in [5, 5.41) is 1.53. The Balaban J connectivity index is 0.000000270. The quantitative estimate of drug-likeness (QED) is 0.162. The summed E-state index contributed by atoms with van der Waals surface area (Å²) >= 11 is 13.1. The maximum Gasteiger partial charge on any atom is -1.00 e. The van der Waals surface area contributed by atoms with E-state index in [2.05, 4.69) is 124 Å². The fraction of sp³-hybridized carbons (Fsp3) is 0.348. The van der Waals surface area contributed by atoms with Crippen molar-refractivity contribution in [2.24, 2.45) is 0 Å². The van der Waals surface area contributed by atoms with Gasteiger partial charge in [-0.15, -0.1) is 11.1 Å². The molecule has 5 aromatic rings. The molecule has 0 radical (unpaired) electrons. The van der Waals surface area contributed by atoms with Crippen LogP contribution in [0.3, 0.4) is 0 Å². The Morgan fingerprint density at radius 1 is 0.667 bits per heavy atom. The zero-order valence-corrected chi connectivity index (χ0v) is 37.4. The molecule has 5 aromatic carbocycles. The van der Waals surface area contributed by atoms with Crippen molar-refractivity contribution in [3.8, 4) is 11.1 Å². The van der Waals surface area contributed by atoms with Crippen LogP contribution in [0.2, 0.25) is 10.0 Å². The molecular weight excluding hydrogens is 786 g/mol. The van der Waals surface area contributed by atoms with Gasteiger partial charge in [0, 0.05) is 0 Å². The average molecular weight is 838 g/mol. The van der Waals surface area contributed by atoms with Gasteiger partial charge in [-0.25, -0.2) is 6.07 Å². The summed E-state index contributed by atoms with van der Waals surface area (Å²) < 4.78 is 1.31. The van der Waals surface area contributed by atoms with E-state index in [0.29, 0.717) is 5.41 Å². The molecule has 0 aromatic heterocycles. The Morgan fingerprint density at radius 3 is 1.63 bits per heavy atom. The first-order chi connectivity index (χ1) is 22.9. The van der Waals surface area contributed by atoms with Crippen LogP contribution < -0.4 is 24.8 Å². The van der Waals surface area contributed by atoms with Crippen LogP contribution in [0, 0.1) is 6.07 Å². The van der Waals surface area contributed by atoms with E-state index in [0.717, 1.165) is 16.5 Å². The fourth-order valence-electron chi connectivity index (χ4n) is 5.83. The number of halogens is 4. The average Bonchev–Trinajstić information content (AvgIpc) is 3.66. The molecule has 0 bridgehead atoms. The number of benzene rings is 4.